The second-order valence-corrected chi connectivity index (χ2v) is 8.31. The van der Waals surface area contributed by atoms with Gasteiger partial charge >= 0.3 is 0 Å². The Balaban J connectivity index is 1.27. The van der Waals surface area contributed by atoms with E-state index >= 15 is 0 Å². The number of likely N-dealkylation sites (tertiary alicyclic amines) is 1. The fourth-order valence-corrected chi connectivity index (χ4v) is 5.10. The van der Waals surface area contributed by atoms with E-state index in [0.29, 0.717) is 31.7 Å². The highest BCUT2D eigenvalue weighted by Crippen LogP contribution is 2.42. The summed E-state index contributed by atoms with van der Waals surface area (Å²) in [6.07, 6.45) is 2.75. The van der Waals surface area contributed by atoms with Crippen molar-refractivity contribution in [3.63, 3.8) is 0 Å². The molecule has 1 saturated heterocycles. The molecule has 30 heavy (non-hydrogen) atoms. The summed E-state index contributed by atoms with van der Waals surface area (Å²) >= 11 is 0. The summed E-state index contributed by atoms with van der Waals surface area (Å²) in [6.45, 7) is 2.01. The number of benzene rings is 2. The number of carbonyl (C=O) groups is 2. The van der Waals surface area contributed by atoms with Gasteiger partial charge in [0.05, 0.1) is 31.8 Å². The van der Waals surface area contributed by atoms with Crippen LogP contribution < -0.4 is 10.1 Å². The average Bonchev–Trinajstić information content (AvgIpc) is 3.09. The summed E-state index contributed by atoms with van der Waals surface area (Å²) in [5.41, 5.74) is 3.80. The predicted molar refractivity (Wildman–Crippen MR) is 111 cm³/mol. The Morgan fingerprint density at radius 1 is 1.23 bits per heavy atom. The molecule has 1 atom stereocenters. The van der Waals surface area contributed by atoms with Gasteiger partial charge in [0.15, 0.2) is 0 Å². The first-order valence-corrected chi connectivity index (χ1v) is 10.6. The molecule has 6 nitrogen and oxygen atoms in total. The molecule has 2 aromatic rings. The zero-order chi connectivity index (χ0) is 20.7. The first kappa shape index (κ1) is 19.1. The number of fused-ring (bicyclic) bond motifs is 3. The van der Waals surface area contributed by atoms with E-state index in [1.54, 1.807) is 7.11 Å². The first-order chi connectivity index (χ1) is 14.6. The summed E-state index contributed by atoms with van der Waals surface area (Å²) in [7, 11) is 1.69. The Morgan fingerprint density at radius 3 is 2.83 bits per heavy atom. The molecule has 3 aliphatic heterocycles. The molecule has 3 aliphatic rings. The van der Waals surface area contributed by atoms with Gasteiger partial charge in [-0.05, 0) is 54.2 Å². The topological polar surface area (TPSA) is 67.9 Å². The molecule has 1 fully saturated rings. The maximum atomic E-state index is 13.0. The van der Waals surface area contributed by atoms with E-state index in [-0.39, 0.29) is 23.5 Å². The SMILES string of the molecule is COc1ccc2c(c1)CCOC21CCN(C(=O)CC2NC(=O)c3ccccc32)CC1. The van der Waals surface area contributed by atoms with Crippen LogP contribution in [0, 0.1) is 0 Å². The molecular weight excluding hydrogens is 380 g/mol. The van der Waals surface area contributed by atoms with E-state index in [1.807, 2.05) is 35.2 Å². The molecule has 5 rings (SSSR count). The smallest absolute Gasteiger partial charge is 0.252 e. The highest BCUT2D eigenvalue weighted by atomic mass is 16.5. The third kappa shape index (κ3) is 3.16. The van der Waals surface area contributed by atoms with Crippen molar-refractivity contribution < 1.29 is 19.1 Å². The molecule has 1 spiro atoms. The standard InChI is InChI=1S/C24H26N2O4/c1-29-17-6-7-20-16(14-17)8-13-30-24(20)9-11-26(12-10-24)22(27)15-21-18-4-2-3-5-19(18)23(28)25-21/h2-7,14,21H,8-13,15H2,1H3,(H,25,28). The highest BCUT2D eigenvalue weighted by molar-refractivity contribution is 5.99. The summed E-state index contributed by atoms with van der Waals surface area (Å²) in [4.78, 5) is 27.0. The van der Waals surface area contributed by atoms with Crippen LogP contribution in [0.15, 0.2) is 42.5 Å². The van der Waals surface area contributed by atoms with Gasteiger partial charge in [-0.15, -0.1) is 0 Å². The van der Waals surface area contributed by atoms with Crippen LogP contribution in [-0.4, -0.2) is 43.5 Å². The molecule has 1 unspecified atom stereocenters. The Morgan fingerprint density at radius 2 is 2.03 bits per heavy atom. The number of amides is 2. The summed E-state index contributed by atoms with van der Waals surface area (Å²) in [5.74, 6) is 0.860. The summed E-state index contributed by atoms with van der Waals surface area (Å²) < 4.78 is 11.7. The predicted octanol–water partition coefficient (Wildman–Crippen LogP) is 2.96. The lowest BCUT2D eigenvalue weighted by atomic mass is 9.79. The normalized spacial score (nSPS) is 21.7. The van der Waals surface area contributed by atoms with Crippen molar-refractivity contribution >= 4 is 11.8 Å². The van der Waals surface area contributed by atoms with Crippen LogP contribution in [0.25, 0.3) is 0 Å². The fourth-order valence-electron chi connectivity index (χ4n) is 5.10. The van der Waals surface area contributed by atoms with Gasteiger partial charge in [-0.2, -0.15) is 0 Å². The van der Waals surface area contributed by atoms with Gasteiger partial charge in [0, 0.05) is 18.7 Å². The monoisotopic (exact) mass is 406 g/mol. The van der Waals surface area contributed by atoms with E-state index in [9.17, 15) is 9.59 Å². The van der Waals surface area contributed by atoms with Crippen LogP contribution in [0.1, 0.15) is 52.4 Å². The quantitative estimate of drug-likeness (QED) is 0.851. The third-order valence-electron chi connectivity index (χ3n) is 6.74. The van der Waals surface area contributed by atoms with E-state index < -0.39 is 0 Å². The molecule has 2 amide bonds. The zero-order valence-electron chi connectivity index (χ0n) is 17.1. The van der Waals surface area contributed by atoms with E-state index in [1.165, 1.54) is 11.1 Å². The number of piperidine rings is 1. The number of carbonyl (C=O) groups excluding carboxylic acids is 2. The molecule has 2 aromatic carbocycles. The second-order valence-electron chi connectivity index (χ2n) is 8.31. The second kappa shape index (κ2) is 7.43. The van der Waals surface area contributed by atoms with Gasteiger partial charge in [0.2, 0.25) is 5.91 Å². The van der Waals surface area contributed by atoms with Crippen molar-refractivity contribution in [2.45, 2.75) is 37.3 Å². The lowest BCUT2D eigenvalue weighted by Gasteiger charge is -2.45. The van der Waals surface area contributed by atoms with E-state index in [4.69, 9.17) is 9.47 Å². The van der Waals surface area contributed by atoms with Crippen molar-refractivity contribution in [2.24, 2.45) is 0 Å². The molecule has 0 aromatic heterocycles. The maximum Gasteiger partial charge on any atom is 0.252 e. The van der Waals surface area contributed by atoms with Gasteiger partial charge in [0.1, 0.15) is 5.75 Å². The number of methoxy groups -OCH3 is 1. The minimum atomic E-state index is -0.315. The van der Waals surface area contributed by atoms with Gasteiger partial charge in [-0.3, -0.25) is 9.59 Å². The molecule has 3 heterocycles. The maximum absolute atomic E-state index is 13.0. The molecule has 156 valence electrons. The van der Waals surface area contributed by atoms with Crippen LogP contribution in [0.4, 0.5) is 0 Å². The van der Waals surface area contributed by atoms with Crippen LogP contribution in [0.2, 0.25) is 0 Å². The van der Waals surface area contributed by atoms with Crippen molar-refractivity contribution in [3.8, 4) is 5.75 Å². The number of hydrogen-bond acceptors (Lipinski definition) is 4. The van der Waals surface area contributed by atoms with E-state index in [0.717, 1.165) is 30.6 Å². The minimum Gasteiger partial charge on any atom is -0.497 e. The third-order valence-corrected chi connectivity index (χ3v) is 6.74. The largest absolute Gasteiger partial charge is 0.497 e. The lowest BCUT2D eigenvalue weighted by Crippen LogP contribution is -2.48. The van der Waals surface area contributed by atoms with Crippen molar-refractivity contribution in [1.82, 2.24) is 10.2 Å². The summed E-state index contributed by atoms with van der Waals surface area (Å²) in [5, 5.41) is 2.95. The molecular formula is C24H26N2O4. The van der Waals surface area contributed by atoms with Crippen molar-refractivity contribution in [3.05, 3.63) is 64.7 Å². The van der Waals surface area contributed by atoms with Crippen molar-refractivity contribution in [2.75, 3.05) is 26.8 Å². The average molecular weight is 406 g/mol. The number of rotatable bonds is 3. The Labute approximate surface area is 176 Å². The van der Waals surface area contributed by atoms with Gasteiger partial charge in [-0.25, -0.2) is 0 Å². The van der Waals surface area contributed by atoms with Crippen molar-refractivity contribution in [1.29, 1.82) is 0 Å². The number of nitrogens with one attached hydrogen (secondary N) is 1. The van der Waals surface area contributed by atoms with E-state index in [2.05, 4.69) is 17.4 Å². The first-order valence-electron chi connectivity index (χ1n) is 10.6. The lowest BCUT2D eigenvalue weighted by molar-refractivity contribution is -0.141. The zero-order valence-corrected chi connectivity index (χ0v) is 17.1. The Hall–Kier alpha value is -2.86. The Bertz CT molecular complexity index is 994. The molecule has 0 bridgehead atoms. The molecule has 6 heteroatoms. The molecule has 1 N–H and O–H groups in total. The number of hydrogen-bond donors (Lipinski definition) is 1. The molecule has 0 saturated carbocycles. The number of nitrogens with zero attached hydrogens (tertiary/aromatic N) is 1. The van der Waals surface area contributed by atoms with Gasteiger partial charge < -0.3 is 19.7 Å². The van der Waals surface area contributed by atoms with Gasteiger partial charge in [-0.1, -0.05) is 24.3 Å². The van der Waals surface area contributed by atoms with Gasteiger partial charge in [0.25, 0.3) is 5.91 Å². The van der Waals surface area contributed by atoms with Crippen LogP contribution in [0.5, 0.6) is 5.75 Å². The number of ether oxygens (including phenoxy) is 2. The Kier molecular flexibility index (Phi) is 4.74. The van der Waals surface area contributed by atoms with Crippen LogP contribution in [0.3, 0.4) is 0 Å². The van der Waals surface area contributed by atoms with Crippen LogP contribution >= 0.6 is 0 Å². The highest BCUT2D eigenvalue weighted by Gasteiger charge is 2.42. The molecule has 0 radical (unpaired) electrons. The fraction of sp³-hybridized carbons (Fsp3) is 0.417. The molecule has 0 aliphatic carbocycles. The minimum absolute atomic E-state index is 0.0811. The van der Waals surface area contributed by atoms with Crippen LogP contribution in [-0.2, 0) is 21.6 Å². The summed E-state index contributed by atoms with van der Waals surface area (Å²) in [6, 6.07) is 13.5.